The van der Waals surface area contributed by atoms with Crippen LogP contribution < -0.4 is 5.32 Å². The van der Waals surface area contributed by atoms with Gasteiger partial charge in [0.05, 0.1) is 21.0 Å². The lowest BCUT2D eigenvalue weighted by atomic mass is 10.2. The van der Waals surface area contributed by atoms with Crippen LogP contribution in [-0.2, 0) is 6.54 Å². The van der Waals surface area contributed by atoms with Gasteiger partial charge in [0, 0.05) is 25.2 Å². The zero-order valence-corrected chi connectivity index (χ0v) is 14.6. The summed E-state index contributed by atoms with van der Waals surface area (Å²) in [5.74, 6) is 2.35. The molecule has 0 atom stereocenters. The van der Waals surface area contributed by atoms with Crippen LogP contribution in [0.3, 0.4) is 0 Å². The maximum absolute atomic E-state index is 4.81. The predicted molar refractivity (Wildman–Crippen MR) is 92.4 cm³/mol. The van der Waals surface area contributed by atoms with Crippen molar-refractivity contribution >= 4 is 28.4 Å². The van der Waals surface area contributed by atoms with E-state index in [2.05, 4.69) is 46.9 Å². The summed E-state index contributed by atoms with van der Waals surface area (Å²) in [6.45, 7) is 6.04. The summed E-state index contributed by atoms with van der Waals surface area (Å²) in [6, 6.07) is 0. The largest absolute Gasteiger partial charge is 0.369 e. The van der Waals surface area contributed by atoms with E-state index in [1.54, 1.807) is 0 Å². The van der Waals surface area contributed by atoms with Crippen molar-refractivity contribution in [3.8, 4) is 11.4 Å². The maximum atomic E-state index is 4.81. The predicted octanol–water partition coefficient (Wildman–Crippen LogP) is 3.66. The first-order valence-electron chi connectivity index (χ1n) is 7.57. The van der Waals surface area contributed by atoms with Gasteiger partial charge < -0.3 is 5.32 Å². The van der Waals surface area contributed by atoms with Gasteiger partial charge in [-0.3, -0.25) is 4.68 Å². The van der Waals surface area contributed by atoms with E-state index in [4.69, 9.17) is 9.97 Å². The topological polar surface area (TPSA) is 55.6 Å². The fraction of sp³-hybridized carbons (Fsp3) is 0.533. The second kappa shape index (κ2) is 6.29. The van der Waals surface area contributed by atoms with E-state index in [1.807, 2.05) is 17.1 Å². The van der Waals surface area contributed by atoms with Crippen molar-refractivity contribution < 1.29 is 0 Å². The molecule has 0 saturated heterocycles. The van der Waals surface area contributed by atoms with Gasteiger partial charge in [0.15, 0.2) is 5.82 Å². The Labute approximate surface area is 138 Å². The van der Waals surface area contributed by atoms with Gasteiger partial charge in [0.2, 0.25) is 0 Å². The van der Waals surface area contributed by atoms with Crippen LogP contribution in [0.25, 0.3) is 11.4 Å². The van der Waals surface area contributed by atoms with Gasteiger partial charge in [-0.25, -0.2) is 9.97 Å². The van der Waals surface area contributed by atoms with E-state index in [0.717, 1.165) is 36.7 Å². The van der Waals surface area contributed by atoms with Gasteiger partial charge in [-0.2, -0.15) is 5.10 Å². The molecule has 0 aromatic carbocycles. The molecule has 6 heteroatoms. The number of hydrogen-bond donors (Lipinski definition) is 1. The summed E-state index contributed by atoms with van der Waals surface area (Å²) in [6.07, 6.45) is 7.47. The fourth-order valence-corrected chi connectivity index (χ4v) is 3.21. The number of anilines is 1. The van der Waals surface area contributed by atoms with E-state index in [-0.39, 0.29) is 0 Å². The van der Waals surface area contributed by atoms with E-state index in [9.17, 15) is 0 Å². The Hall–Kier alpha value is -1.18. The maximum Gasteiger partial charge on any atom is 0.165 e. The molecule has 1 saturated carbocycles. The van der Waals surface area contributed by atoms with Gasteiger partial charge in [-0.15, -0.1) is 0 Å². The zero-order chi connectivity index (χ0) is 14.8. The number of nitrogens with one attached hydrogen (secondary N) is 1. The highest BCUT2D eigenvalue weighted by Crippen LogP contribution is 2.42. The minimum atomic E-state index is 0.613. The molecular weight excluding hydrogens is 377 g/mol. The van der Waals surface area contributed by atoms with Gasteiger partial charge in [0.1, 0.15) is 5.82 Å². The molecule has 112 valence electrons. The molecule has 2 aromatic rings. The van der Waals surface area contributed by atoms with Crippen molar-refractivity contribution in [3.63, 3.8) is 0 Å². The minimum Gasteiger partial charge on any atom is -0.369 e. The summed E-state index contributed by atoms with van der Waals surface area (Å²) in [4.78, 5) is 9.50. The van der Waals surface area contributed by atoms with E-state index in [0.29, 0.717) is 5.92 Å². The minimum absolute atomic E-state index is 0.613. The molecule has 0 unspecified atom stereocenters. The van der Waals surface area contributed by atoms with Crippen LogP contribution in [0.1, 0.15) is 44.7 Å². The summed E-state index contributed by atoms with van der Waals surface area (Å²) < 4.78 is 3.13. The van der Waals surface area contributed by atoms with Crippen LogP contribution in [0.4, 0.5) is 5.82 Å². The van der Waals surface area contributed by atoms with Crippen LogP contribution in [0, 0.1) is 3.57 Å². The molecule has 0 spiro atoms. The molecule has 3 rings (SSSR count). The van der Waals surface area contributed by atoms with Crippen molar-refractivity contribution in [2.24, 2.45) is 0 Å². The van der Waals surface area contributed by atoms with Gasteiger partial charge >= 0.3 is 0 Å². The number of hydrogen-bond acceptors (Lipinski definition) is 4. The first-order valence-corrected chi connectivity index (χ1v) is 8.65. The lowest BCUT2D eigenvalue weighted by Gasteiger charge is -2.11. The molecule has 0 radical (unpaired) electrons. The lowest BCUT2D eigenvalue weighted by Crippen LogP contribution is -2.07. The molecule has 21 heavy (non-hydrogen) atoms. The van der Waals surface area contributed by atoms with Crippen molar-refractivity contribution in [3.05, 3.63) is 21.7 Å². The highest BCUT2D eigenvalue weighted by molar-refractivity contribution is 14.1. The molecule has 1 N–H and O–H groups in total. The second-order valence-electron chi connectivity index (χ2n) is 5.39. The molecule has 2 heterocycles. The summed E-state index contributed by atoms with van der Waals surface area (Å²) >= 11 is 2.37. The number of nitrogens with zero attached hydrogens (tertiary/aromatic N) is 4. The molecule has 0 bridgehead atoms. The van der Waals surface area contributed by atoms with Crippen molar-refractivity contribution in [1.82, 2.24) is 19.7 Å². The quantitative estimate of drug-likeness (QED) is 0.756. The Morgan fingerprint density at radius 3 is 2.81 bits per heavy atom. The summed E-state index contributed by atoms with van der Waals surface area (Å²) in [5, 5.41) is 7.74. The number of aryl methyl sites for hydroxylation is 1. The summed E-state index contributed by atoms with van der Waals surface area (Å²) in [5.41, 5.74) is 2.20. The molecule has 0 aliphatic heterocycles. The highest BCUT2D eigenvalue weighted by atomic mass is 127. The molecule has 1 aliphatic rings. The lowest BCUT2D eigenvalue weighted by molar-refractivity contribution is 0.603. The van der Waals surface area contributed by atoms with Crippen molar-refractivity contribution in [1.29, 1.82) is 0 Å². The van der Waals surface area contributed by atoms with Crippen LogP contribution >= 0.6 is 22.6 Å². The van der Waals surface area contributed by atoms with Gasteiger partial charge in [0.25, 0.3) is 0 Å². The molecule has 5 nitrogen and oxygen atoms in total. The second-order valence-corrected chi connectivity index (χ2v) is 6.47. The first-order chi connectivity index (χ1) is 10.2. The van der Waals surface area contributed by atoms with Crippen molar-refractivity contribution in [2.45, 2.75) is 45.6 Å². The molecular formula is C15H20IN5. The normalized spacial score (nSPS) is 14.4. The average molecular weight is 397 g/mol. The third-order valence-electron chi connectivity index (χ3n) is 3.53. The molecule has 1 fully saturated rings. The third-order valence-corrected chi connectivity index (χ3v) is 4.59. The number of halogens is 1. The standard InChI is InChI=1S/C15H20IN5/c1-3-7-21-9-11(8-18-21)14-19-13(10-5-6-10)12(16)15(20-14)17-4-2/h8-10H,3-7H2,1-2H3,(H,17,19,20). The van der Waals surface area contributed by atoms with Gasteiger partial charge in [-0.05, 0) is 48.8 Å². The van der Waals surface area contributed by atoms with Crippen LogP contribution in [-0.4, -0.2) is 26.3 Å². The zero-order valence-electron chi connectivity index (χ0n) is 12.4. The van der Waals surface area contributed by atoms with Crippen LogP contribution in [0.5, 0.6) is 0 Å². The Bertz CT molecular complexity index is 633. The molecule has 2 aromatic heterocycles. The average Bonchev–Trinajstić information content (AvgIpc) is 3.21. The Morgan fingerprint density at radius 2 is 2.14 bits per heavy atom. The van der Waals surface area contributed by atoms with Crippen LogP contribution in [0.15, 0.2) is 12.4 Å². The molecule has 0 amide bonds. The van der Waals surface area contributed by atoms with Crippen LogP contribution in [0.2, 0.25) is 0 Å². The number of aromatic nitrogens is 4. The smallest absolute Gasteiger partial charge is 0.165 e. The van der Waals surface area contributed by atoms with E-state index >= 15 is 0 Å². The Morgan fingerprint density at radius 1 is 1.33 bits per heavy atom. The number of rotatable bonds is 6. The third kappa shape index (κ3) is 3.20. The monoisotopic (exact) mass is 397 g/mol. The van der Waals surface area contributed by atoms with E-state index in [1.165, 1.54) is 22.1 Å². The van der Waals surface area contributed by atoms with Gasteiger partial charge in [-0.1, -0.05) is 6.92 Å². The molecule has 1 aliphatic carbocycles. The van der Waals surface area contributed by atoms with Crippen molar-refractivity contribution in [2.75, 3.05) is 11.9 Å². The Balaban J connectivity index is 2.00. The highest BCUT2D eigenvalue weighted by Gasteiger charge is 2.29. The fourth-order valence-electron chi connectivity index (χ4n) is 2.34. The Kier molecular flexibility index (Phi) is 4.42. The SMILES string of the molecule is CCCn1cc(-c2nc(NCC)c(I)c(C3CC3)n2)cn1. The first kappa shape index (κ1) is 14.7. The van der Waals surface area contributed by atoms with E-state index < -0.39 is 0 Å². The summed E-state index contributed by atoms with van der Waals surface area (Å²) in [7, 11) is 0.